The van der Waals surface area contributed by atoms with Gasteiger partial charge in [-0.25, -0.2) is 0 Å². The Labute approximate surface area is 87.8 Å². The van der Waals surface area contributed by atoms with Crippen molar-refractivity contribution in [2.75, 3.05) is 6.54 Å². The van der Waals surface area contributed by atoms with E-state index in [1.165, 1.54) is 17.5 Å². The predicted molar refractivity (Wildman–Crippen MR) is 55.7 cm³/mol. The lowest BCUT2D eigenvalue weighted by atomic mass is 9.93. The van der Waals surface area contributed by atoms with Gasteiger partial charge in [0.25, 0.3) is 0 Å². The zero-order chi connectivity index (χ0) is 10.3. The van der Waals surface area contributed by atoms with E-state index in [0.29, 0.717) is 5.57 Å². The number of hydrogen-bond acceptors (Lipinski definition) is 3. The first-order chi connectivity index (χ1) is 7.36. The molecule has 0 amide bonds. The zero-order valence-corrected chi connectivity index (χ0v) is 8.25. The highest BCUT2D eigenvalue weighted by molar-refractivity contribution is 5.78. The molecule has 3 aliphatic rings. The Morgan fingerprint density at radius 1 is 1.40 bits per heavy atom. The van der Waals surface area contributed by atoms with Crippen LogP contribution in [0, 0.1) is 0 Å². The van der Waals surface area contributed by atoms with Gasteiger partial charge < -0.3 is 10.1 Å². The predicted octanol–water partition coefficient (Wildman–Crippen LogP) is 1.56. The number of rotatable bonds is 1. The maximum atomic E-state index is 10.6. The minimum absolute atomic E-state index is 0.608. The quantitative estimate of drug-likeness (QED) is 0.654. The number of allylic oxidation sites excluding steroid dienone is 4. The number of ether oxygens (including phenoxy) is 1. The molecule has 15 heavy (non-hydrogen) atoms. The third kappa shape index (κ3) is 1.31. The van der Waals surface area contributed by atoms with E-state index >= 15 is 0 Å². The smallest absolute Gasteiger partial charge is 0.153 e. The lowest BCUT2D eigenvalue weighted by Crippen LogP contribution is -2.10. The average Bonchev–Trinajstić information content (AvgIpc) is 2.72. The minimum Gasteiger partial charge on any atom is -0.464 e. The summed E-state index contributed by atoms with van der Waals surface area (Å²) in [6.45, 7) is 1.01. The van der Waals surface area contributed by atoms with Gasteiger partial charge in [0.15, 0.2) is 6.29 Å². The van der Waals surface area contributed by atoms with Gasteiger partial charge in [-0.2, -0.15) is 0 Å². The summed E-state index contributed by atoms with van der Waals surface area (Å²) in [6.07, 6.45) is 8.25. The van der Waals surface area contributed by atoms with Crippen molar-refractivity contribution in [3.05, 3.63) is 46.6 Å². The highest BCUT2D eigenvalue weighted by Gasteiger charge is 2.23. The fraction of sp³-hybridized carbons (Fsp3) is 0.250. The molecule has 3 heteroatoms. The third-order valence-electron chi connectivity index (χ3n) is 2.92. The summed E-state index contributed by atoms with van der Waals surface area (Å²) in [5.41, 5.74) is 4.34. The number of fused-ring (bicyclic) bond motifs is 1. The van der Waals surface area contributed by atoms with Crippen LogP contribution in [0.25, 0.3) is 0 Å². The van der Waals surface area contributed by atoms with E-state index in [4.69, 9.17) is 4.74 Å². The number of nitrogens with one attached hydrogen (secondary N) is 1. The van der Waals surface area contributed by atoms with E-state index in [1.54, 1.807) is 0 Å². The van der Waals surface area contributed by atoms with Crippen LogP contribution in [-0.2, 0) is 9.53 Å². The van der Waals surface area contributed by atoms with Gasteiger partial charge in [-0.1, -0.05) is 0 Å². The highest BCUT2D eigenvalue weighted by Crippen LogP contribution is 2.35. The molecule has 1 aliphatic carbocycles. The molecule has 1 N–H and O–H groups in total. The van der Waals surface area contributed by atoms with Crippen molar-refractivity contribution in [2.24, 2.45) is 0 Å². The molecule has 0 bridgehead atoms. The Bertz CT molecular complexity index is 452. The molecular weight excluding hydrogens is 190 g/mol. The largest absolute Gasteiger partial charge is 0.464 e. The third-order valence-corrected chi connectivity index (χ3v) is 2.92. The number of carbonyl (C=O) groups excluding carboxylic acids is 1. The molecule has 2 aliphatic heterocycles. The van der Waals surface area contributed by atoms with Crippen molar-refractivity contribution in [3.63, 3.8) is 0 Å². The van der Waals surface area contributed by atoms with Crippen molar-refractivity contribution in [3.8, 4) is 0 Å². The van der Waals surface area contributed by atoms with Crippen LogP contribution in [0.4, 0.5) is 0 Å². The number of hydrogen-bond donors (Lipinski definition) is 1. The summed E-state index contributed by atoms with van der Waals surface area (Å²) in [5, 5.41) is 3.32. The second-order valence-electron chi connectivity index (χ2n) is 3.90. The maximum Gasteiger partial charge on any atom is 0.153 e. The number of carbonyl (C=O) groups is 1. The van der Waals surface area contributed by atoms with Crippen LogP contribution in [0.5, 0.6) is 0 Å². The topological polar surface area (TPSA) is 38.3 Å². The molecule has 76 valence electrons. The minimum atomic E-state index is 0.608. The lowest BCUT2D eigenvalue weighted by molar-refractivity contribution is -0.104. The Kier molecular flexibility index (Phi) is 1.78. The monoisotopic (exact) mass is 201 g/mol. The zero-order valence-electron chi connectivity index (χ0n) is 8.25. The van der Waals surface area contributed by atoms with Crippen molar-refractivity contribution in [2.45, 2.75) is 12.8 Å². The molecule has 0 radical (unpaired) electrons. The standard InChI is InChI=1S/C12H11NO2/c14-6-8-3-10-4-9-1-2-13-11(9)5-12(10)15-7-8/h3,5-7,13H,1-2,4H2. The van der Waals surface area contributed by atoms with E-state index < -0.39 is 0 Å². The van der Waals surface area contributed by atoms with E-state index in [0.717, 1.165) is 37.0 Å². The van der Waals surface area contributed by atoms with Gasteiger partial charge in [0.1, 0.15) is 12.0 Å². The molecule has 0 fully saturated rings. The van der Waals surface area contributed by atoms with Gasteiger partial charge in [-0.15, -0.1) is 0 Å². The summed E-state index contributed by atoms with van der Waals surface area (Å²) < 4.78 is 5.42. The van der Waals surface area contributed by atoms with Gasteiger partial charge in [-0.05, 0) is 30.1 Å². The van der Waals surface area contributed by atoms with Crippen molar-refractivity contribution >= 4 is 6.29 Å². The summed E-state index contributed by atoms with van der Waals surface area (Å²) in [4.78, 5) is 10.6. The van der Waals surface area contributed by atoms with E-state index in [2.05, 4.69) is 5.32 Å². The van der Waals surface area contributed by atoms with Gasteiger partial charge in [0, 0.05) is 23.9 Å². The molecule has 0 aromatic carbocycles. The summed E-state index contributed by atoms with van der Waals surface area (Å²) in [7, 11) is 0. The first-order valence-electron chi connectivity index (χ1n) is 5.07. The normalized spacial score (nSPS) is 22.8. The average molecular weight is 201 g/mol. The Morgan fingerprint density at radius 3 is 3.20 bits per heavy atom. The molecule has 0 aromatic heterocycles. The van der Waals surface area contributed by atoms with E-state index in [1.807, 2.05) is 12.2 Å². The van der Waals surface area contributed by atoms with Crippen molar-refractivity contribution in [1.82, 2.24) is 5.32 Å². The van der Waals surface area contributed by atoms with Crippen LogP contribution in [-0.4, -0.2) is 12.8 Å². The Morgan fingerprint density at radius 2 is 2.33 bits per heavy atom. The fourth-order valence-electron chi connectivity index (χ4n) is 2.15. The summed E-state index contributed by atoms with van der Waals surface area (Å²) in [5.74, 6) is 0.869. The molecule has 3 rings (SSSR count). The molecule has 0 unspecified atom stereocenters. The molecule has 0 atom stereocenters. The van der Waals surface area contributed by atoms with Crippen LogP contribution in [0.15, 0.2) is 46.6 Å². The van der Waals surface area contributed by atoms with E-state index in [9.17, 15) is 4.79 Å². The van der Waals surface area contributed by atoms with Crippen LogP contribution >= 0.6 is 0 Å². The molecule has 0 spiro atoms. The molecule has 0 saturated carbocycles. The SMILES string of the molecule is O=CC1=COC2=CC3=C(CCN3)CC2=C1. The first kappa shape index (κ1) is 8.53. The van der Waals surface area contributed by atoms with E-state index in [-0.39, 0.29) is 0 Å². The molecular formula is C12H11NO2. The van der Waals surface area contributed by atoms with Gasteiger partial charge in [-0.3, -0.25) is 4.79 Å². The highest BCUT2D eigenvalue weighted by atomic mass is 16.5. The first-order valence-corrected chi connectivity index (χ1v) is 5.07. The van der Waals surface area contributed by atoms with Gasteiger partial charge >= 0.3 is 0 Å². The molecule has 0 saturated heterocycles. The van der Waals surface area contributed by atoms with Crippen LogP contribution < -0.4 is 5.32 Å². The number of aldehydes is 1. The summed E-state index contributed by atoms with van der Waals surface area (Å²) >= 11 is 0. The van der Waals surface area contributed by atoms with Crippen molar-refractivity contribution in [1.29, 1.82) is 0 Å². The van der Waals surface area contributed by atoms with Crippen LogP contribution in [0.2, 0.25) is 0 Å². The molecule has 2 heterocycles. The van der Waals surface area contributed by atoms with Gasteiger partial charge in [0.2, 0.25) is 0 Å². The fourth-order valence-corrected chi connectivity index (χ4v) is 2.15. The second kappa shape index (κ2) is 3.12. The Balaban J connectivity index is 1.97. The van der Waals surface area contributed by atoms with Gasteiger partial charge in [0.05, 0.1) is 0 Å². The molecule has 0 aromatic rings. The molecule has 3 nitrogen and oxygen atoms in total. The van der Waals surface area contributed by atoms with Crippen molar-refractivity contribution < 1.29 is 9.53 Å². The second-order valence-corrected chi connectivity index (χ2v) is 3.90. The lowest BCUT2D eigenvalue weighted by Gasteiger charge is -2.20. The Hall–Kier alpha value is -1.77. The van der Waals surface area contributed by atoms with Crippen LogP contribution in [0.3, 0.4) is 0 Å². The summed E-state index contributed by atoms with van der Waals surface area (Å²) in [6, 6.07) is 0. The maximum absolute atomic E-state index is 10.6. The van der Waals surface area contributed by atoms with Crippen LogP contribution in [0.1, 0.15) is 12.8 Å².